The van der Waals surface area contributed by atoms with Gasteiger partial charge in [0.1, 0.15) is 0 Å². The van der Waals surface area contributed by atoms with Crippen molar-refractivity contribution in [2.75, 3.05) is 20.3 Å². The molecule has 1 aliphatic heterocycles. The summed E-state index contributed by atoms with van der Waals surface area (Å²) in [5, 5.41) is 3.98. The highest BCUT2D eigenvalue weighted by Gasteiger charge is 2.36. The smallest absolute Gasteiger partial charge is 0.173 e. The number of thiocarbonyl (C=S) groups is 1. The number of ether oxygens (including phenoxy) is 2. The molecule has 1 aromatic carbocycles. The van der Waals surface area contributed by atoms with E-state index in [1.165, 1.54) is 0 Å². The number of allylic oxidation sites excluding steroid dienone is 1. The zero-order valence-corrected chi connectivity index (χ0v) is 17.2. The topological polar surface area (TPSA) is 50.8 Å². The molecule has 0 aromatic heterocycles. The summed E-state index contributed by atoms with van der Waals surface area (Å²) in [6.07, 6.45) is 4.44. The van der Waals surface area contributed by atoms with Crippen LogP contribution < -0.4 is 14.8 Å². The predicted octanol–water partition coefficient (Wildman–Crippen LogP) is 4.13. The maximum absolute atomic E-state index is 12.7. The molecule has 0 amide bonds. The number of carbonyl (C=O) groups is 1. The Morgan fingerprint density at radius 2 is 2.04 bits per heavy atom. The van der Waals surface area contributed by atoms with E-state index in [2.05, 4.69) is 12.2 Å². The van der Waals surface area contributed by atoms with E-state index < -0.39 is 0 Å². The molecule has 5 nitrogen and oxygen atoms in total. The van der Waals surface area contributed by atoms with Gasteiger partial charge in [-0.3, -0.25) is 4.79 Å². The molecular formula is C21H28N2O3S. The molecule has 1 aromatic rings. The van der Waals surface area contributed by atoms with Gasteiger partial charge in [-0.25, -0.2) is 0 Å². The first-order valence-corrected chi connectivity index (χ1v) is 10.2. The minimum Gasteiger partial charge on any atom is -0.490 e. The molecule has 1 N–H and O–H groups in total. The number of unbranched alkanes of at least 4 members (excludes halogenated alkanes) is 1. The number of benzene rings is 1. The predicted molar refractivity (Wildman–Crippen MR) is 110 cm³/mol. The summed E-state index contributed by atoms with van der Waals surface area (Å²) in [5.41, 5.74) is 2.85. The van der Waals surface area contributed by atoms with Crippen LogP contribution in [0.4, 0.5) is 0 Å². The summed E-state index contributed by atoms with van der Waals surface area (Å²) in [6.45, 7) is 5.31. The molecule has 1 unspecified atom stereocenters. The summed E-state index contributed by atoms with van der Waals surface area (Å²) >= 11 is 5.51. The van der Waals surface area contributed by atoms with E-state index in [1.807, 2.05) is 37.1 Å². The fourth-order valence-electron chi connectivity index (χ4n) is 3.61. The van der Waals surface area contributed by atoms with E-state index in [4.69, 9.17) is 21.7 Å². The van der Waals surface area contributed by atoms with E-state index in [1.54, 1.807) is 0 Å². The zero-order valence-electron chi connectivity index (χ0n) is 16.3. The maximum atomic E-state index is 12.7. The Morgan fingerprint density at radius 3 is 2.78 bits per heavy atom. The first-order chi connectivity index (χ1) is 13.1. The Balaban J connectivity index is 1.96. The van der Waals surface area contributed by atoms with Gasteiger partial charge in [-0.15, -0.1) is 0 Å². The number of nitrogens with zero attached hydrogens (tertiary/aromatic N) is 1. The summed E-state index contributed by atoms with van der Waals surface area (Å²) < 4.78 is 11.7. The molecule has 1 aliphatic carbocycles. The van der Waals surface area contributed by atoms with Gasteiger partial charge in [-0.1, -0.05) is 19.4 Å². The average molecular weight is 389 g/mol. The Kier molecular flexibility index (Phi) is 6.37. The van der Waals surface area contributed by atoms with Crippen molar-refractivity contribution in [3.8, 4) is 11.5 Å². The van der Waals surface area contributed by atoms with Gasteiger partial charge in [0, 0.05) is 24.7 Å². The SMILES string of the molecule is CCCCOc1ccc(C2NC(=S)N(C)C3=C2C(=O)CCC3)cc1OCC. The first-order valence-electron chi connectivity index (χ1n) is 9.76. The van der Waals surface area contributed by atoms with E-state index in [9.17, 15) is 4.79 Å². The summed E-state index contributed by atoms with van der Waals surface area (Å²) in [7, 11) is 1.93. The molecule has 27 heavy (non-hydrogen) atoms. The number of hydrogen-bond donors (Lipinski definition) is 1. The van der Waals surface area contributed by atoms with Crippen LogP contribution in [-0.4, -0.2) is 36.1 Å². The van der Waals surface area contributed by atoms with Crippen LogP contribution in [0.25, 0.3) is 0 Å². The summed E-state index contributed by atoms with van der Waals surface area (Å²) in [4.78, 5) is 14.6. The van der Waals surface area contributed by atoms with Crippen molar-refractivity contribution in [1.82, 2.24) is 10.2 Å². The van der Waals surface area contributed by atoms with Crippen LogP contribution >= 0.6 is 12.2 Å². The Bertz CT molecular complexity index is 760. The first kappa shape index (κ1) is 19.7. The minimum absolute atomic E-state index is 0.198. The number of Topliss-reactive ketones (excluding diaryl/α,β-unsaturated/α-hetero) is 1. The fraction of sp³-hybridized carbons (Fsp3) is 0.524. The van der Waals surface area contributed by atoms with Crippen molar-refractivity contribution in [2.24, 2.45) is 0 Å². The molecule has 1 heterocycles. The molecule has 1 atom stereocenters. The van der Waals surface area contributed by atoms with Gasteiger partial charge < -0.3 is 19.7 Å². The van der Waals surface area contributed by atoms with Crippen molar-refractivity contribution < 1.29 is 14.3 Å². The number of ketones is 1. The third kappa shape index (κ3) is 4.10. The molecular weight excluding hydrogens is 360 g/mol. The molecule has 2 aliphatic rings. The van der Waals surface area contributed by atoms with E-state index >= 15 is 0 Å². The van der Waals surface area contributed by atoms with Gasteiger partial charge in [0.05, 0.1) is 19.3 Å². The number of carbonyl (C=O) groups excluding carboxylic acids is 1. The number of rotatable bonds is 7. The molecule has 0 radical (unpaired) electrons. The third-order valence-corrected chi connectivity index (χ3v) is 5.44. The lowest BCUT2D eigenvalue weighted by Gasteiger charge is -2.39. The highest BCUT2D eigenvalue weighted by atomic mass is 32.1. The Labute approximate surface area is 166 Å². The van der Waals surface area contributed by atoms with Gasteiger partial charge in [-0.05, 0) is 56.1 Å². The molecule has 0 saturated carbocycles. The maximum Gasteiger partial charge on any atom is 0.173 e. The van der Waals surface area contributed by atoms with Crippen LogP contribution in [0.5, 0.6) is 11.5 Å². The Morgan fingerprint density at radius 1 is 1.22 bits per heavy atom. The van der Waals surface area contributed by atoms with Crippen LogP contribution in [0, 0.1) is 0 Å². The highest BCUT2D eigenvalue weighted by molar-refractivity contribution is 7.80. The van der Waals surface area contributed by atoms with E-state index in [0.717, 1.165) is 48.3 Å². The van der Waals surface area contributed by atoms with Crippen LogP contribution in [0.2, 0.25) is 0 Å². The Hall–Kier alpha value is -2.08. The van der Waals surface area contributed by atoms with Gasteiger partial charge >= 0.3 is 0 Å². The molecule has 0 saturated heterocycles. The van der Waals surface area contributed by atoms with Crippen molar-refractivity contribution in [3.05, 3.63) is 35.0 Å². The zero-order chi connectivity index (χ0) is 19.4. The van der Waals surface area contributed by atoms with Crippen LogP contribution in [0.1, 0.15) is 57.6 Å². The fourth-order valence-corrected chi connectivity index (χ4v) is 3.83. The van der Waals surface area contributed by atoms with Crippen molar-refractivity contribution >= 4 is 23.1 Å². The van der Waals surface area contributed by atoms with Gasteiger partial charge in [0.25, 0.3) is 0 Å². The van der Waals surface area contributed by atoms with Crippen LogP contribution in [0.3, 0.4) is 0 Å². The second-order valence-corrected chi connectivity index (χ2v) is 7.31. The van der Waals surface area contributed by atoms with E-state index in [0.29, 0.717) is 30.5 Å². The lowest BCUT2D eigenvalue weighted by molar-refractivity contribution is -0.116. The van der Waals surface area contributed by atoms with Crippen molar-refractivity contribution in [2.45, 2.75) is 52.0 Å². The molecule has 6 heteroatoms. The van der Waals surface area contributed by atoms with Gasteiger partial charge in [-0.2, -0.15) is 0 Å². The van der Waals surface area contributed by atoms with Crippen LogP contribution in [-0.2, 0) is 4.79 Å². The largest absolute Gasteiger partial charge is 0.490 e. The lowest BCUT2D eigenvalue weighted by Crippen LogP contribution is -2.47. The van der Waals surface area contributed by atoms with Crippen molar-refractivity contribution in [1.29, 1.82) is 0 Å². The average Bonchev–Trinajstić information content (AvgIpc) is 2.66. The summed E-state index contributed by atoms with van der Waals surface area (Å²) in [6, 6.07) is 5.68. The van der Waals surface area contributed by atoms with E-state index in [-0.39, 0.29) is 11.8 Å². The molecule has 3 rings (SSSR count). The third-order valence-electron chi connectivity index (χ3n) is 5.05. The molecule has 0 bridgehead atoms. The molecule has 0 spiro atoms. The van der Waals surface area contributed by atoms with Gasteiger partial charge in [0.15, 0.2) is 22.4 Å². The normalized spacial score (nSPS) is 19.7. The second-order valence-electron chi connectivity index (χ2n) is 6.92. The van der Waals surface area contributed by atoms with Crippen LogP contribution in [0.15, 0.2) is 29.5 Å². The monoisotopic (exact) mass is 388 g/mol. The van der Waals surface area contributed by atoms with Crippen molar-refractivity contribution in [3.63, 3.8) is 0 Å². The number of nitrogens with one attached hydrogen (secondary N) is 1. The quantitative estimate of drug-likeness (QED) is 0.560. The summed E-state index contributed by atoms with van der Waals surface area (Å²) in [5.74, 6) is 1.65. The van der Waals surface area contributed by atoms with Gasteiger partial charge in [0.2, 0.25) is 0 Å². The number of hydrogen-bond acceptors (Lipinski definition) is 4. The second kappa shape index (κ2) is 8.74. The minimum atomic E-state index is -0.236. The molecule has 146 valence electrons. The highest BCUT2D eigenvalue weighted by Crippen LogP contribution is 2.39. The lowest BCUT2D eigenvalue weighted by atomic mass is 9.85. The standard InChI is InChI=1S/C21H28N2O3S/c1-4-6-12-26-17-11-10-14(13-18(17)25-5-2)20-19-15(8-7-9-16(19)24)23(3)21(27)22-20/h10-11,13,20H,4-9,12H2,1-3H3,(H,22,27). The molecule has 0 fully saturated rings.